The predicted molar refractivity (Wildman–Crippen MR) is 369 cm³/mol. The molecule has 0 atom stereocenters. The van der Waals surface area contributed by atoms with Crippen LogP contribution in [0.4, 0.5) is 0 Å². The number of carbonyl (C=O) groups is 1. The van der Waals surface area contributed by atoms with Gasteiger partial charge in [0.25, 0.3) is 0 Å². The zero-order valence-electron chi connectivity index (χ0n) is 53.7. The van der Waals surface area contributed by atoms with E-state index < -0.39 is 0 Å². The van der Waals surface area contributed by atoms with E-state index in [4.69, 9.17) is 14.4 Å². The molecule has 0 saturated heterocycles. The van der Waals surface area contributed by atoms with Crippen LogP contribution in [0.15, 0.2) is 210 Å². The smallest absolute Gasteiger partial charge is 0.162 e. The summed E-state index contributed by atoms with van der Waals surface area (Å²) >= 11 is 0. The first-order valence-corrected chi connectivity index (χ1v) is 31.8. The Hall–Kier alpha value is -8.42. The molecule has 1 radical (unpaired) electrons. The second kappa shape index (κ2) is 29.3. The largest absolute Gasteiger partial charge is 0.512 e. The molecular weight excluding hydrogens is 1270 g/mol. The number of allylic oxidation sites excluding steroid dienone is 2. The molecule has 3 heterocycles. The number of hydrogen-bond donors (Lipinski definition) is 1. The van der Waals surface area contributed by atoms with E-state index in [0.717, 1.165) is 98.0 Å². The Balaban J connectivity index is 0.000000185. The van der Waals surface area contributed by atoms with Crippen LogP contribution in [-0.4, -0.2) is 30.0 Å². The molecule has 457 valence electrons. The Bertz CT molecular complexity index is 4310. The Morgan fingerprint density at radius 3 is 1.51 bits per heavy atom. The molecule has 12 rings (SSSR count). The molecule has 8 heteroatoms. The van der Waals surface area contributed by atoms with Gasteiger partial charge in [-0.2, -0.15) is 0 Å². The topological polar surface area (TPSA) is 86.1 Å². The van der Waals surface area contributed by atoms with Gasteiger partial charge in [0.2, 0.25) is 0 Å². The van der Waals surface area contributed by atoms with Crippen molar-refractivity contribution in [2.75, 3.05) is 0 Å². The number of para-hydroxylation sites is 5. The maximum absolute atomic E-state index is 11.7. The predicted octanol–water partition coefficient (Wildman–Crippen LogP) is 22.6. The summed E-state index contributed by atoms with van der Waals surface area (Å²) < 4.78 is 11.4. The molecular formula is C81H84IrN4O3-2. The van der Waals surface area contributed by atoms with Gasteiger partial charge < -0.3 is 18.7 Å². The first-order chi connectivity index (χ1) is 42.6. The fourth-order valence-corrected chi connectivity index (χ4v) is 12.3. The van der Waals surface area contributed by atoms with Crippen LogP contribution in [0.25, 0.3) is 100 Å². The van der Waals surface area contributed by atoms with E-state index in [1.165, 1.54) is 56.4 Å². The number of hydrogen-bond acceptors (Lipinski definition) is 5. The summed E-state index contributed by atoms with van der Waals surface area (Å²) in [6.07, 6.45) is 4.91. The second-order valence-electron chi connectivity index (χ2n) is 24.3. The molecule has 89 heavy (non-hydrogen) atoms. The second-order valence-corrected chi connectivity index (χ2v) is 24.3. The van der Waals surface area contributed by atoms with Crippen molar-refractivity contribution in [3.63, 3.8) is 0 Å². The molecule has 0 aliphatic carbocycles. The average Bonchev–Trinajstić information content (AvgIpc) is 1.66. The molecule has 0 fully saturated rings. The Morgan fingerprint density at radius 1 is 0.483 bits per heavy atom. The fourth-order valence-electron chi connectivity index (χ4n) is 12.3. The van der Waals surface area contributed by atoms with Crippen molar-refractivity contribution in [2.45, 2.75) is 132 Å². The van der Waals surface area contributed by atoms with Crippen LogP contribution >= 0.6 is 0 Å². The summed E-state index contributed by atoms with van der Waals surface area (Å²) in [4.78, 5) is 22.0. The van der Waals surface area contributed by atoms with Gasteiger partial charge in [-0.3, -0.25) is 14.8 Å². The molecule has 7 nitrogen and oxygen atoms in total. The number of aliphatic hydroxyl groups is 1. The van der Waals surface area contributed by atoms with Gasteiger partial charge >= 0.3 is 0 Å². The summed E-state index contributed by atoms with van der Waals surface area (Å²) in [5.74, 6) is 3.75. The Labute approximate surface area is 541 Å². The number of aliphatic hydroxyl groups excluding tert-OH is 1. The zero-order chi connectivity index (χ0) is 62.2. The van der Waals surface area contributed by atoms with Gasteiger partial charge in [-0.25, -0.2) is 0 Å². The van der Waals surface area contributed by atoms with Crippen LogP contribution in [-0.2, 0) is 24.9 Å². The van der Waals surface area contributed by atoms with Crippen LogP contribution in [0.2, 0.25) is 0 Å². The standard InChI is InChI=1S/C43H35N2O.C25H25N2.C13H24O2.Ir/c1-27(2)36-24-32(30-16-9-6-10-17-30)25-37(28(3)4)41(36)45-39-21-12-11-20-38(39)44-43(45)35-19-13-18-34-33-23-22-31(26-40(33)46-42(34)35)29-14-7-5-8-15-29;1-17(2)20-13-10-14-21(18(3)4)24(20)27-23-16-9-8-15-22(23)26-25(27)19-11-6-5-7-12-19;1-5-10(6-2)12(14)9-13(15)11(7-3)8-4;/h5-18,20-28H,1-4H3;5-11,13-18H,1-4H3;9-11,14H,5-8H2,1-4H3;/q2*-1;;/b;;12-9-;. The molecule has 12 aromatic rings. The quantitative estimate of drug-likeness (QED) is 0.0558. The van der Waals surface area contributed by atoms with Crippen molar-refractivity contribution in [1.82, 2.24) is 19.1 Å². The summed E-state index contributed by atoms with van der Waals surface area (Å²) in [7, 11) is 0. The van der Waals surface area contributed by atoms with E-state index in [-0.39, 0.29) is 55.3 Å². The van der Waals surface area contributed by atoms with E-state index in [1.807, 2.05) is 58.0 Å². The van der Waals surface area contributed by atoms with Gasteiger partial charge in [0, 0.05) is 54.8 Å². The summed E-state index contributed by atoms with van der Waals surface area (Å²) in [6.45, 7) is 26.3. The van der Waals surface area contributed by atoms with Crippen LogP contribution in [0.5, 0.6) is 0 Å². The van der Waals surface area contributed by atoms with Gasteiger partial charge in [-0.15, -0.1) is 54.1 Å². The molecule has 0 amide bonds. The van der Waals surface area contributed by atoms with Crippen molar-refractivity contribution >= 4 is 49.8 Å². The van der Waals surface area contributed by atoms with E-state index in [0.29, 0.717) is 11.8 Å². The molecule has 1 N–H and O–H groups in total. The third kappa shape index (κ3) is 13.8. The summed E-state index contributed by atoms with van der Waals surface area (Å²) in [5.41, 5.74) is 20.2. The monoisotopic (exact) mass is 1350 g/mol. The van der Waals surface area contributed by atoms with Crippen LogP contribution in [0, 0.1) is 24.0 Å². The number of carbonyl (C=O) groups excluding carboxylic acids is 1. The number of ketones is 1. The minimum atomic E-state index is 0. The minimum absolute atomic E-state index is 0. The van der Waals surface area contributed by atoms with E-state index >= 15 is 0 Å². The number of benzene rings is 9. The molecule has 0 spiro atoms. The molecule has 0 aliphatic heterocycles. The van der Waals surface area contributed by atoms with Crippen molar-refractivity contribution in [3.8, 4) is 56.4 Å². The third-order valence-corrected chi connectivity index (χ3v) is 17.2. The number of rotatable bonds is 17. The van der Waals surface area contributed by atoms with E-state index in [9.17, 15) is 9.90 Å². The first-order valence-electron chi connectivity index (χ1n) is 31.8. The maximum Gasteiger partial charge on any atom is 0.162 e. The van der Waals surface area contributed by atoms with Crippen LogP contribution < -0.4 is 0 Å². The normalized spacial score (nSPS) is 11.8. The van der Waals surface area contributed by atoms with Crippen LogP contribution in [0.1, 0.15) is 155 Å². The molecule has 0 saturated carbocycles. The van der Waals surface area contributed by atoms with Gasteiger partial charge in [-0.1, -0.05) is 209 Å². The molecule has 3 aromatic heterocycles. The van der Waals surface area contributed by atoms with E-state index in [2.05, 4.69) is 240 Å². The van der Waals surface area contributed by atoms with Gasteiger partial charge in [0.1, 0.15) is 5.58 Å². The van der Waals surface area contributed by atoms with Gasteiger partial charge in [0.15, 0.2) is 5.78 Å². The summed E-state index contributed by atoms with van der Waals surface area (Å²) in [5, 5.41) is 11.9. The number of fused-ring (bicyclic) bond motifs is 5. The Kier molecular flexibility index (Phi) is 21.4. The number of nitrogens with zero attached hydrogens (tertiary/aromatic N) is 4. The minimum Gasteiger partial charge on any atom is -0.512 e. The SMILES string of the molecule is CC(C)c1cc(-c2ccccc2)cc(C(C)C)c1-n1c(-c2[c-]ccc3c2oc2cc(-c4ccccc4)ccc23)nc2ccccc21.CC(C)c1cccc(C(C)C)c1-n1c(-c2[c-]cccc2)nc2ccccc21.CCC(CC)C(=O)/C=C(\O)C(CC)CC.[Ir]. The van der Waals surface area contributed by atoms with Crippen molar-refractivity contribution in [1.29, 1.82) is 0 Å². The average molecular weight is 1350 g/mol. The fraction of sp³-hybridized carbons (Fsp3) is 0.272. The summed E-state index contributed by atoms with van der Waals surface area (Å²) in [6, 6.07) is 75.0. The number of aromatic nitrogens is 4. The number of imidazole rings is 2. The van der Waals surface area contributed by atoms with Crippen molar-refractivity contribution in [3.05, 3.63) is 240 Å². The third-order valence-electron chi connectivity index (χ3n) is 17.2. The molecule has 9 aromatic carbocycles. The van der Waals surface area contributed by atoms with Gasteiger partial charge in [-0.05, 0) is 136 Å². The zero-order valence-corrected chi connectivity index (χ0v) is 56.1. The van der Waals surface area contributed by atoms with E-state index in [1.54, 1.807) is 0 Å². The molecule has 0 aliphatic rings. The van der Waals surface area contributed by atoms with Gasteiger partial charge in [0.05, 0.1) is 45.1 Å². The number of furan rings is 1. The molecule has 0 bridgehead atoms. The first kappa shape index (κ1) is 65.0. The van der Waals surface area contributed by atoms with Crippen molar-refractivity contribution in [2.24, 2.45) is 11.8 Å². The maximum atomic E-state index is 11.7. The van der Waals surface area contributed by atoms with Crippen LogP contribution in [0.3, 0.4) is 0 Å². The Morgan fingerprint density at radius 2 is 0.978 bits per heavy atom. The van der Waals surface area contributed by atoms with Crippen molar-refractivity contribution < 1.29 is 34.4 Å². The molecule has 0 unspecified atom stereocenters.